The van der Waals surface area contributed by atoms with Gasteiger partial charge < -0.3 is 35.4 Å². The van der Waals surface area contributed by atoms with E-state index in [-0.39, 0.29) is 31.0 Å². The number of aliphatic hydroxyl groups is 2. The van der Waals surface area contributed by atoms with Crippen molar-refractivity contribution < 1.29 is 62.5 Å². The first-order valence-corrected chi connectivity index (χ1v) is 24.3. The van der Waals surface area contributed by atoms with Gasteiger partial charge >= 0.3 is 25.7 Å². The van der Waals surface area contributed by atoms with Gasteiger partial charge in [-0.15, -0.1) is 0 Å². The molecule has 1 saturated carbocycles. The van der Waals surface area contributed by atoms with E-state index in [1.807, 2.05) is 0 Å². The van der Waals surface area contributed by atoms with Gasteiger partial charge in [-0.1, -0.05) is 154 Å². The predicted molar refractivity (Wildman–Crippen MR) is 227 cm³/mol. The zero-order valence-electron chi connectivity index (χ0n) is 36.3. The molecule has 0 aromatic carbocycles. The minimum Gasteiger partial charge on any atom is -0.480 e. The normalized spacial score (nSPS) is 19.4. The molecule has 0 spiro atoms. The van der Waals surface area contributed by atoms with Gasteiger partial charge in [0.05, 0.1) is 25.4 Å². The zero-order valence-corrected chi connectivity index (χ0v) is 37.2. The molecule has 0 amide bonds. The average molecular weight is 862 g/mol. The fourth-order valence-electron chi connectivity index (χ4n) is 7.26. The van der Waals surface area contributed by atoms with E-state index in [1.165, 1.54) is 70.6 Å². The second-order valence-corrected chi connectivity index (χ2v) is 17.8. The Morgan fingerprint density at radius 1 is 0.746 bits per heavy atom. The molecule has 1 aliphatic rings. The van der Waals surface area contributed by atoms with Gasteiger partial charge in [-0.25, -0.2) is 4.57 Å². The van der Waals surface area contributed by atoms with E-state index >= 15 is 0 Å². The maximum absolute atomic E-state index is 12.7. The molecule has 1 fully saturated rings. The molecule has 14 nitrogen and oxygen atoms in total. The maximum atomic E-state index is 12.7. The number of hydrogen-bond donors (Lipinski definition) is 5. The van der Waals surface area contributed by atoms with Crippen molar-refractivity contribution >= 4 is 31.5 Å². The molecule has 0 heterocycles. The average Bonchev–Trinajstić information content (AvgIpc) is 3.47. The van der Waals surface area contributed by atoms with Crippen LogP contribution in [0, 0.1) is 11.8 Å². The zero-order chi connectivity index (χ0) is 43.7. The number of carboxylic acid groups (broad SMARTS) is 1. The number of aliphatic carboxylic acids is 1. The number of allylic oxidation sites excluding steroid dienone is 1. The third-order valence-corrected chi connectivity index (χ3v) is 11.9. The minimum absolute atomic E-state index is 0.0154. The molecule has 15 heteroatoms. The van der Waals surface area contributed by atoms with Crippen LogP contribution in [0.5, 0.6) is 0 Å². The van der Waals surface area contributed by atoms with Crippen molar-refractivity contribution in [3.05, 3.63) is 12.2 Å². The lowest BCUT2D eigenvalue weighted by Gasteiger charge is -2.20. The van der Waals surface area contributed by atoms with Crippen LogP contribution < -0.4 is 5.73 Å². The van der Waals surface area contributed by atoms with Crippen molar-refractivity contribution in [2.45, 2.75) is 212 Å². The highest BCUT2D eigenvalue weighted by Crippen LogP contribution is 2.43. The van der Waals surface area contributed by atoms with Crippen LogP contribution in [0.2, 0.25) is 0 Å². The van der Waals surface area contributed by atoms with Gasteiger partial charge in [-0.3, -0.25) is 28.2 Å². The number of unbranched alkanes of at least 4 members (excludes halogenated alkanes) is 19. The molecule has 1 rings (SSSR count). The molecule has 6 N–H and O–H groups in total. The first-order valence-electron chi connectivity index (χ1n) is 22.8. The fraction of sp³-hybridized carbons (Fsp3) is 0.864. The highest BCUT2D eigenvalue weighted by molar-refractivity contribution is 7.47. The SMILES string of the molecule is CCCCCCCCCCCCCCCCCC(=O)O[C@H](COC(=O)CCCCCC[C@H]1[C@@H](O)CC(=O)[C@@H]1/C=C/[C@@H](O)CCCCC)COP(=O)(O)OC[C@H](N)C(=O)O. The van der Waals surface area contributed by atoms with E-state index < -0.39 is 75.8 Å². The van der Waals surface area contributed by atoms with Gasteiger partial charge in [0.1, 0.15) is 18.4 Å². The molecule has 1 aliphatic carbocycles. The molecule has 0 saturated heterocycles. The highest BCUT2D eigenvalue weighted by Gasteiger charge is 2.39. The number of carbonyl (C=O) groups excluding carboxylic acids is 3. The van der Waals surface area contributed by atoms with Gasteiger partial charge in [0, 0.05) is 25.2 Å². The van der Waals surface area contributed by atoms with Crippen LogP contribution in [-0.2, 0) is 42.3 Å². The molecule has 0 aromatic heterocycles. The molecule has 0 aliphatic heterocycles. The number of phosphoric acid groups is 1. The number of esters is 2. The van der Waals surface area contributed by atoms with Crippen molar-refractivity contribution in [3.63, 3.8) is 0 Å². The summed E-state index contributed by atoms with van der Waals surface area (Å²) in [6.07, 6.45) is 26.1. The van der Waals surface area contributed by atoms with Crippen molar-refractivity contribution in [2.75, 3.05) is 19.8 Å². The number of carboxylic acids is 1. The number of rotatable bonds is 39. The summed E-state index contributed by atoms with van der Waals surface area (Å²) in [7, 11) is -4.77. The number of ether oxygens (including phenoxy) is 2. The van der Waals surface area contributed by atoms with E-state index in [0.717, 1.165) is 51.4 Å². The Hall–Kier alpha value is -2.19. The van der Waals surface area contributed by atoms with Crippen molar-refractivity contribution in [2.24, 2.45) is 17.6 Å². The summed E-state index contributed by atoms with van der Waals surface area (Å²) in [6.45, 7) is 2.48. The molecule has 344 valence electrons. The number of ketones is 1. The van der Waals surface area contributed by atoms with Crippen LogP contribution in [0.1, 0.15) is 187 Å². The summed E-state index contributed by atoms with van der Waals surface area (Å²) < 4.78 is 32.7. The van der Waals surface area contributed by atoms with Crippen LogP contribution >= 0.6 is 7.82 Å². The number of nitrogens with two attached hydrogens (primary N) is 1. The van der Waals surface area contributed by atoms with Crippen LogP contribution in [0.15, 0.2) is 12.2 Å². The summed E-state index contributed by atoms with van der Waals surface area (Å²) in [5.74, 6) is -3.19. The lowest BCUT2D eigenvalue weighted by molar-refractivity contribution is -0.161. The van der Waals surface area contributed by atoms with Crippen LogP contribution in [0.25, 0.3) is 0 Å². The Morgan fingerprint density at radius 2 is 1.24 bits per heavy atom. The molecule has 0 bridgehead atoms. The fourth-order valence-corrected chi connectivity index (χ4v) is 8.04. The lowest BCUT2D eigenvalue weighted by Crippen LogP contribution is -2.34. The largest absolute Gasteiger partial charge is 0.480 e. The summed E-state index contributed by atoms with van der Waals surface area (Å²) in [4.78, 5) is 58.7. The minimum atomic E-state index is -4.77. The van der Waals surface area contributed by atoms with Gasteiger partial charge in [-0.05, 0) is 31.6 Å². The summed E-state index contributed by atoms with van der Waals surface area (Å²) >= 11 is 0. The predicted octanol–water partition coefficient (Wildman–Crippen LogP) is 8.65. The summed E-state index contributed by atoms with van der Waals surface area (Å²) in [5, 5.41) is 29.7. The second kappa shape index (κ2) is 34.4. The van der Waals surface area contributed by atoms with Crippen molar-refractivity contribution in [3.8, 4) is 0 Å². The Balaban J connectivity index is 2.44. The van der Waals surface area contributed by atoms with Crippen LogP contribution in [0.3, 0.4) is 0 Å². The highest BCUT2D eigenvalue weighted by atomic mass is 31.2. The molecular weight excluding hydrogens is 781 g/mol. The summed E-state index contributed by atoms with van der Waals surface area (Å²) in [5.41, 5.74) is 5.33. The van der Waals surface area contributed by atoms with E-state index in [0.29, 0.717) is 32.1 Å². The van der Waals surface area contributed by atoms with Gasteiger partial charge in [0.25, 0.3) is 0 Å². The number of carbonyl (C=O) groups is 4. The first kappa shape index (κ1) is 54.8. The number of aliphatic hydroxyl groups excluding tert-OH is 2. The van der Waals surface area contributed by atoms with Crippen molar-refractivity contribution in [1.82, 2.24) is 0 Å². The second-order valence-electron chi connectivity index (χ2n) is 16.3. The number of phosphoric ester groups is 1. The Kier molecular flexibility index (Phi) is 32.0. The van der Waals surface area contributed by atoms with Crippen LogP contribution in [0.4, 0.5) is 0 Å². The molecular formula is C44H80NO13P. The summed E-state index contributed by atoms with van der Waals surface area (Å²) in [6, 6.07) is -1.55. The quantitative estimate of drug-likeness (QED) is 0.0169. The lowest BCUT2D eigenvalue weighted by atomic mass is 9.88. The van der Waals surface area contributed by atoms with E-state index in [2.05, 4.69) is 18.4 Å². The monoisotopic (exact) mass is 862 g/mol. The first-order chi connectivity index (χ1) is 28.3. The maximum Gasteiger partial charge on any atom is 0.472 e. The number of hydrogen-bond acceptors (Lipinski definition) is 12. The Labute approximate surface area is 354 Å². The molecule has 59 heavy (non-hydrogen) atoms. The van der Waals surface area contributed by atoms with Gasteiger partial charge in [0.2, 0.25) is 0 Å². The third kappa shape index (κ3) is 28.9. The Morgan fingerprint density at radius 3 is 1.80 bits per heavy atom. The van der Waals surface area contributed by atoms with Gasteiger partial charge in [0.15, 0.2) is 6.10 Å². The molecule has 0 aromatic rings. The molecule has 0 radical (unpaired) electrons. The van der Waals surface area contributed by atoms with E-state index in [9.17, 15) is 38.8 Å². The van der Waals surface area contributed by atoms with Crippen LogP contribution in [-0.4, -0.2) is 88.1 Å². The van der Waals surface area contributed by atoms with E-state index in [4.69, 9.17) is 24.8 Å². The molecule has 1 unspecified atom stereocenters. The number of Topliss-reactive ketones (excluding diaryl/α,β-unsaturated/α-hetero) is 1. The molecule has 7 atom stereocenters. The van der Waals surface area contributed by atoms with Crippen molar-refractivity contribution in [1.29, 1.82) is 0 Å². The van der Waals surface area contributed by atoms with Gasteiger partial charge in [-0.2, -0.15) is 0 Å². The smallest absolute Gasteiger partial charge is 0.472 e. The third-order valence-electron chi connectivity index (χ3n) is 10.9. The standard InChI is InChI=1S/C44H80NO13P/c1-3-5-7-8-9-10-11-12-13-14-15-16-17-18-24-28-43(50)58-36(33-56-59(53,54)57-34-39(45)44(51)52)32-55-42(49)27-23-20-19-22-26-37-38(41(48)31-40(37)47)30-29-35(46)25-21-6-4-2/h29-30,35-40,46-47H,3-28,31-34,45H2,1-2H3,(H,51,52)(H,53,54)/b30-29+/t35-,36+,37+,38+,39-,40-/m0/s1. The Bertz CT molecular complexity index is 1220. The van der Waals surface area contributed by atoms with E-state index in [1.54, 1.807) is 12.2 Å². The topological polar surface area (TPSA) is 229 Å².